The highest BCUT2D eigenvalue weighted by molar-refractivity contribution is 6.04. The van der Waals surface area contributed by atoms with Crippen molar-refractivity contribution < 1.29 is 4.79 Å². The standard InChI is InChI=1S/C20H26N6O/c1-3-11-25-12-8-15-4-5-16(13-18(15)25)22-20(27)19-14(2)26(24-23-19)17-6-9-21-10-7-17/h4-5,8,12-13,17,21H,3,6-7,9-11H2,1-2H3,(H,22,27). The maximum Gasteiger partial charge on any atom is 0.278 e. The largest absolute Gasteiger partial charge is 0.347 e. The van der Waals surface area contributed by atoms with Gasteiger partial charge in [-0.05, 0) is 62.9 Å². The van der Waals surface area contributed by atoms with Crippen molar-refractivity contribution in [1.29, 1.82) is 0 Å². The van der Waals surface area contributed by atoms with Gasteiger partial charge < -0.3 is 15.2 Å². The van der Waals surface area contributed by atoms with Crippen LogP contribution in [0.1, 0.15) is 48.4 Å². The van der Waals surface area contributed by atoms with Gasteiger partial charge in [-0.3, -0.25) is 4.79 Å². The summed E-state index contributed by atoms with van der Waals surface area (Å²) in [6.45, 7) is 6.99. The minimum absolute atomic E-state index is 0.208. The SMILES string of the molecule is CCCn1ccc2ccc(NC(=O)c3nnn(C4CCNCC4)c3C)cc21. The number of anilines is 1. The van der Waals surface area contributed by atoms with E-state index in [1.807, 2.05) is 29.8 Å². The number of carbonyl (C=O) groups excluding carboxylic acids is 1. The fourth-order valence-electron chi connectivity index (χ4n) is 3.84. The number of piperidine rings is 1. The van der Waals surface area contributed by atoms with Crippen molar-refractivity contribution in [3.8, 4) is 0 Å². The Morgan fingerprint density at radius 3 is 2.89 bits per heavy atom. The molecule has 142 valence electrons. The van der Waals surface area contributed by atoms with Crippen molar-refractivity contribution in [3.63, 3.8) is 0 Å². The summed E-state index contributed by atoms with van der Waals surface area (Å²) in [5.74, 6) is -0.208. The number of carbonyl (C=O) groups is 1. The van der Waals surface area contributed by atoms with Gasteiger partial charge in [0.15, 0.2) is 5.69 Å². The molecular formula is C20H26N6O. The molecule has 2 N–H and O–H groups in total. The molecule has 0 atom stereocenters. The van der Waals surface area contributed by atoms with Crippen LogP contribution in [-0.4, -0.2) is 38.6 Å². The monoisotopic (exact) mass is 366 g/mol. The molecular weight excluding hydrogens is 340 g/mol. The van der Waals surface area contributed by atoms with E-state index in [1.54, 1.807) is 0 Å². The molecule has 0 bridgehead atoms. The summed E-state index contributed by atoms with van der Waals surface area (Å²) in [5, 5.41) is 15.9. The number of hydrogen-bond acceptors (Lipinski definition) is 4. The molecule has 1 amide bonds. The minimum atomic E-state index is -0.208. The van der Waals surface area contributed by atoms with Gasteiger partial charge in [-0.1, -0.05) is 18.2 Å². The lowest BCUT2D eigenvalue weighted by atomic mass is 10.1. The quantitative estimate of drug-likeness (QED) is 0.727. The molecule has 7 nitrogen and oxygen atoms in total. The van der Waals surface area contributed by atoms with Crippen LogP contribution in [0.2, 0.25) is 0 Å². The summed E-state index contributed by atoms with van der Waals surface area (Å²) in [5.41, 5.74) is 3.14. The normalized spacial score (nSPS) is 15.3. The Morgan fingerprint density at radius 1 is 1.30 bits per heavy atom. The number of amides is 1. The Kier molecular flexibility index (Phi) is 4.94. The van der Waals surface area contributed by atoms with Crippen LogP contribution in [0.5, 0.6) is 0 Å². The van der Waals surface area contributed by atoms with Crippen LogP contribution in [0.15, 0.2) is 30.5 Å². The lowest BCUT2D eigenvalue weighted by Gasteiger charge is -2.23. The molecule has 1 aliphatic rings. The molecule has 0 aliphatic carbocycles. The second kappa shape index (κ2) is 7.52. The van der Waals surface area contributed by atoms with Crippen molar-refractivity contribution in [3.05, 3.63) is 41.9 Å². The first kappa shape index (κ1) is 17.7. The van der Waals surface area contributed by atoms with Gasteiger partial charge in [-0.25, -0.2) is 4.68 Å². The molecule has 0 saturated carbocycles. The number of aromatic nitrogens is 4. The predicted molar refractivity (Wildman–Crippen MR) is 106 cm³/mol. The fourth-order valence-corrected chi connectivity index (χ4v) is 3.84. The number of hydrogen-bond donors (Lipinski definition) is 2. The van der Waals surface area contributed by atoms with Crippen LogP contribution in [0.25, 0.3) is 10.9 Å². The molecule has 27 heavy (non-hydrogen) atoms. The van der Waals surface area contributed by atoms with Gasteiger partial charge in [0.1, 0.15) is 0 Å². The second-order valence-corrected chi connectivity index (χ2v) is 7.19. The van der Waals surface area contributed by atoms with E-state index < -0.39 is 0 Å². The topological polar surface area (TPSA) is 76.8 Å². The number of fused-ring (bicyclic) bond motifs is 1. The number of aryl methyl sites for hydroxylation is 1. The molecule has 1 aliphatic heterocycles. The van der Waals surface area contributed by atoms with Crippen molar-refractivity contribution in [1.82, 2.24) is 24.9 Å². The third-order valence-corrected chi connectivity index (χ3v) is 5.29. The number of benzene rings is 1. The number of rotatable bonds is 5. The molecule has 4 rings (SSSR count). The Morgan fingerprint density at radius 2 is 2.11 bits per heavy atom. The molecule has 2 aromatic heterocycles. The number of nitrogens with one attached hydrogen (secondary N) is 2. The van der Waals surface area contributed by atoms with E-state index in [0.29, 0.717) is 11.7 Å². The van der Waals surface area contributed by atoms with E-state index in [2.05, 4.69) is 44.7 Å². The first-order valence-electron chi connectivity index (χ1n) is 9.70. The molecule has 3 heterocycles. The van der Waals surface area contributed by atoms with Crippen LogP contribution in [0.3, 0.4) is 0 Å². The summed E-state index contributed by atoms with van der Waals surface area (Å²) in [4.78, 5) is 12.8. The molecule has 1 fully saturated rings. The molecule has 7 heteroatoms. The highest BCUT2D eigenvalue weighted by atomic mass is 16.2. The Labute approximate surface area is 158 Å². The average molecular weight is 366 g/mol. The molecule has 1 aromatic carbocycles. The Balaban J connectivity index is 1.54. The number of nitrogens with zero attached hydrogens (tertiary/aromatic N) is 4. The summed E-state index contributed by atoms with van der Waals surface area (Å²) < 4.78 is 4.12. The van der Waals surface area contributed by atoms with Crippen LogP contribution >= 0.6 is 0 Å². The van der Waals surface area contributed by atoms with Gasteiger partial charge >= 0.3 is 0 Å². The summed E-state index contributed by atoms with van der Waals surface area (Å²) in [6, 6.07) is 8.41. The average Bonchev–Trinajstić information content (AvgIpc) is 3.26. The van der Waals surface area contributed by atoms with Crippen LogP contribution in [0.4, 0.5) is 5.69 Å². The van der Waals surface area contributed by atoms with Gasteiger partial charge in [0.05, 0.1) is 17.3 Å². The molecule has 3 aromatic rings. The lowest BCUT2D eigenvalue weighted by Crippen LogP contribution is -2.30. The summed E-state index contributed by atoms with van der Waals surface area (Å²) in [7, 11) is 0. The zero-order valence-corrected chi connectivity index (χ0v) is 15.9. The van der Waals surface area contributed by atoms with E-state index in [-0.39, 0.29) is 5.91 Å². The van der Waals surface area contributed by atoms with Gasteiger partial charge in [-0.15, -0.1) is 5.10 Å². The summed E-state index contributed by atoms with van der Waals surface area (Å²) >= 11 is 0. The van der Waals surface area contributed by atoms with E-state index in [9.17, 15) is 4.79 Å². The fraction of sp³-hybridized carbons (Fsp3) is 0.450. The maximum atomic E-state index is 12.8. The molecule has 1 saturated heterocycles. The highest BCUT2D eigenvalue weighted by Gasteiger charge is 2.23. The van der Waals surface area contributed by atoms with Crippen molar-refractivity contribution in [2.75, 3.05) is 18.4 Å². The van der Waals surface area contributed by atoms with E-state index >= 15 is 0 Å². The maximum absolute atomic E-state index is 12.8. The van der Waals surface area contributed by atoms with E-state index in [4.69, 9.17) is 0 Å². The van der Waals surface area contributed by atoms with Crippen molar-refractivity contribution >= 4 is 22.5 Å². The first-order valence-corrected chi connectivity index (χ1v) is 9.70. The third-order valence-electron chi connectivity index (χ3n) is 5.29. The van der Waals surface area contributed by atoms with Crippen LogP contribution in [-0.2, 0) is 6.54 Å². The van der Waals surface area contributed by atoms with Gasteiger partial charge in [0.25, 0.3) is 5.91 Å². The van der Waals surface area contributed by atoms with Gasteiger partial charge in [-0.2, -0.15) is 0 Å². The smallest absolute Gasteiger partial charge is 0.278 e. The third kappa shape index (κ3) is 3.47. The Bertz CT molecular complexity index is 951. The first-order chi connectivity index (χ1) is 13.2. The zero-order chi connectivity index (χ0) is 18.8. The van der Waals surface area contributed by atoms with Gasteiger partial charge in [0, 0.05) is 18.4 Å². The van der Waals surface area contributed by atoms with Crippen LogP contribution < -0.4 is 10.6 Å². The van der Waals surface area contributed by atoms with Crippen molar-refractivity contribution in [2.24, 2.45) is 0 Å². The summed E-state index contributed by atoms with van der Waals surface area (Å²) in [6.07, 6.45) is 5.18. The van der Waals surface area contributed by atoms with Crippen LogP contribution in [0, 0.1) is 6.92 Å². The molecule has 0 unspecified atom stereocenters. The highest BCUT2D eigenvalue weighted by Crippen LogP contribution is 2.23. The Hall–Kier alpha value is -2.67. The molecule has 0 radical (unpaired) electrons. The van der Waals surface area contributed by atoms with E-state index in [1.165, 1.54) is 5.39 Å². The lowest BCUT2D eigenvalue weighted by molar-refractivity contribution is 0.102. The predicted octanol–water partition coefficient (Wildman–Crippen LogP) is 3.13. The van der Waals surface area contributed by atoms with E-state index in [0.717, 1.165) is 55.8 Å². The second-order valence-electron chi connectivity index (χ2n) is 7.19. The van der Waals surface area contributed by atoms with Crippen molar-refractivity contribution in [2.45, 2.75) is 45.7 Å². The minimum Gasteiger partial charge on any atom is -0.347 e. The van der Waals surface area contributed by atoms with Gasteiger partial charge in [0.2, 0.25) is 0 Å². The molecule has 0 spiro atoms. The zero-order valence-electron chi connectivity index (χ0n) is 15.9.